The van der Waals surface area contributed by atoms with Crippen LogP contribution in [0.4, 0.5) is 11.4 Å². The first-order valence-electron chi connectivity index (χ1n) is 10.5. The van der Waals surface area contributed by atoms with Crippen molar-refractivity contribution in [3.8, 4) is 5.75 Å². The minimum absolute atomic E-state index is 0.372. The van der Waals surface area contributed by atoms with Crippen LogP contribution in [0.1, 0.15) is 52.4 Å². The molecule has 4 atom stereocenters. The van der Waals surface area contributed by atoms with Crippen molar-refractivity contribution in [1.82, 2.24) is 0 Å². The van der Waals surface area contributed by atoms with Crippen LogP contribution >= 0.6 is 0 Å². The Balaban J connectivity index is 2.03. The van der Waals surface area contributed by atoms with Crippen molar-refractivity contribution in [3.05, 3.63) is 18.2 Å². The van der Waals surface area contributed by atoms with E-state index in [1.165, 1.54) is 19.3 Å². The van der Waals surface area contributed by atoms with Crippen molar-refractivity contribution < 1.29 is 24.8 Å². The van der Waals surface area contributed by atoms with E-state index in [2.05, 4.69) is 24.5 Å². The smallest absolute Gasteiger partial charge is 0.229 e. The number of unbranched alkanes of at least 4 members (excludes halogenated alkanes) is 4. The molecule has 1 saturated heterocycles. The Kier molecular flexibility index (Phi) is 9.84. The Bertz CT molecular complexity index is 572. The molecule has 0 bridgehead atoms. The lowest BCUT2D eigenvalue weighted by Gasteiger charge is -2.19. The zero-order valence-electron chi connectivity index (χ0n) is 17.1. The van der Waals surface area contributed by atoms with E-state index < -0.39 is 24.6 Å². The summed E-state index contributed by atoms with van der Waals surface area (Å²) in [6, 6.07) is 5.64. The average Bonchev–Trinajstić information content (AvgIpc) is 2.97. The average molecular weight is 397 g/mol. The van der Waals surface area contributed by atoms with Gasteiger partial charge in [0.25, 0.3) is 0 Å². The minimum atomic E-state index is -1.20. The maximum Gasteiger partial charge on any atom is 0.229 e. The molecule has 1 fully saturated rings. The van der Waals surface area contributed by atoms with Gasteiger partial charge in [0.2, 0.25) is 6.29 Å². The van der Waals surface area contributed by atoms with Crippen LogP contribution in [0.2, 0.25) is 0 Å². The normalized spacial score (nSPS) is 24.3. The molecule has 28 heavy (non-hydrogen) atoms. The molecule has 1 aromatic rings. The molecular weight excluding hydrogens is 360 g/mol. The fraction of sp³-hybridized carbons (Fsp3) is 0.714. The summed E-state index contributed by atoms with van der Waals surface area (Å²) in [7, 11) is 0. The first-order chi connectivity index (χ1) is 13.6. The molecule has 1 aliphatic rings. The molecule has 1 aliphatic heterocycles. The van der Waals surface area contributed by atoms with Crippen molar-refractivity contribution in [2.75, 3.05) is 30.3 Å². The number of ether oxygens (including phenoxy) is 2. The second kappa shape index (κ2) is 12.1. The molecular formula is C21H36N2O5. The molecule has 1 aromatic carbocycles. The molecule has 1 unspecified atom stereocenters. The predicted molar refractivity (Wildman–Crippen MR) is 111 cm³/mol. The summed E-state index contributed by atoms with van der Waals surface area (Å²) in [5.41, 5.74) is 1.96. The van der Waals surface area contributed by atoms with Gasteiger partial charge in [-0.15, -0.1) is 0 Å². The second-order valence-corrected chi connectivity index (χ2v) is 7.30. The highest BCUT2D eigenvalue weighted by Gasteiger charge is 2.43. The number of aliphatic hydroxyl groups excluding tert-OH is 3. The van der Waals surface area contributed by atoms with Gasteiger partial charge in [-0.1, -0.05) is 39.5 Å². The fourth-order valence-electron chi connectivity index (χ4n) is 3.19. The SMILES string of the molecule is CCCCCNc1ccc(OC2O[C@H](CO)[C@@H](O)[C@H]2O)cc1NCCCCC. The van der Waals surface area contributed by atoms with E-state index in [9.17, 15) is 15.3 Å². The molecule has 0 amide bonds. The van der Waals surface area contributed by atoms with Crippen molar-refractivity contribution in [3.63, 3.8) is 0 Å². The lowest BCUT2D eigenvalue weighted by atomic mass is 10.1. The first-order valence-corrected chi connectivity index (χ1v) is 10.5. The summed E-state index contributed by atoms with van der Waals surface area (Å²) in [6.45, 7) is 5.77. The zero-order valence-corrected chi connectivity index (χ0v) is 17.1. The number of benzene rings is 1. The molecule has 1 heterocycles. The van der Waals surface area contributed by atoms with Gasteiger partial charge in [0.05, 0.1) is 18.0 Å². The summed E-state index contributed by atoms with van der Waals surface area (Å²) in [4.78, 5) is 0. The third-order valence-electron chi connectivity index (χ3n) is 4.93. The summed E-state index contributed by atoms with van der Waals surface area (Å²) in [5, 5.41) is 36.1. The summed E-state index contributed by atoms with van der Waals surface area (Å²) >= 11 is 0. The number of rotatable bonds is 13. The molecule has 0 saturated carbocycles. The molecule has 160 valence electrons. The highest BCUT2D eigenvalue weighted by atomic mass is 16.7. The number of aliphatic hydroxyl groups is 3. The van der Waals surface area contributed by atoms with Crippen LogP contribution in [0.25, 0.3) is 0 Å². The third kappa shape index (κ3) is 6.51. The molecule has 0 spiro atoms. The predicted octanol–water partition coefficient (Wildman–Crippen LogP) is 2.71. The highest BCUT2D eigenvalue weighted by Crippen LogP contribution is 2.30. The molecule has 0 aliphatic carbocycles. The molecule has 0 aromatic heterocycles. The van der Waals surface area contributed by atoms with Crippen molar-refractivity contribution in [2.45, 2.75) is 77.0 Å². The Morgan fingerprint density at radius 1 is 0.929 bits per heavy atom. The van der Waals surface area contributed by atoms with Gasteiger partial charge in [0.15, 0.2) is 0 Å². The van der Waals surface area contributed by atoms with Gasteiger partial charge in [-0.3, -0.25) is 0 Å². The van der Waals surface area contributed by atoms with Crippen LogP contribution in [0.5, 0.6) is 5.75 Å². The van der Waals surface area contributed by atoms with Gasteiger partial charge in [0, 0.05) is 19.2 Å². The van der Waals surface area contributed by atoms with Gasteiger partial charge >= 0.3 is 0 Å². The molecule has 5 N–H and O–H groups in total. The van der Waals surface area contributed by atoms with E-state index in [-0.39, 0.29) is 6.61 Å². The van der Waals surface area contributed by atoms with Crippen LogP contribution in [-0.4, -0.2) is 59.6 Å². The standard InChI is InChI=1S/C21H36N2O5/c1-3-5-7-11-22-16-10-9-15(13-17(16)23-12-8-6-4-2)27-21-20(26)19(25)18(14-24)28-21/h9-10,13,18-26H,3-8,11-12,14H2,1-2H3/t18-,19-,20-,21?/m1/s1. The maximum absolute atomic E-state index is 10.1. The van der Waals surface area contributed by atoms with E-state index in [0.29, 0.717) is 5.75 Å². The summed E-state index contributed by atoms with van der Waals surface area (Å²) in [5.74, 6) is 0.534. The lowest BCUT2D eigenvalue weighted by Crippen LogP contribution is -2.35. The Labute approximate surface area is 168 Å². The highest BCUT2D eigenvalue weighted by molar-refractivity contribution is 5.70. The molecule has 0 radical (unpaired) electrons. The summed E-state index contributed by atoms with van der Waals surface area (Å²) in [6.07, 6.45) is 2.70. The van der Waals surface area contributed by atoms with Gasteiger partial charge in [-0.25, -0.2) is 0 Å². The van der Waals surface area contributed by atoms with E-state index in [0.717, 1.165) is 43.7 Å². The topological polar surface area (TPSA) is 103 Å². The molecule has 7 heteroatoms. The van der Waals surface area contributed by atoms with Crippen molar-refractivity contribution in [1.29, 1.82) is 0 Å². The van der Waals surface area contributed by atoms with Gasteiger partial charge in [-0.05, 0) is 25.0 Å². The monoisotopic (exact) mass is 396 g/mol. The van der Waals surface area contributed by atoms with E-state index >= 15 is 0 Å². The summed E-state index contributed by atoms with van der Waals surface area (Å²) < 4.78 is 11.2. The van der Waals surface area contributed by atoms with Crippen LogP contribution in [0.3, 0.4) is 0 Å². The van der Waals surface area contributed by atoms with Crippen molar-refractivity contribution in [2.24, 2.45) is 0 Å². The van der Waals surface area contributed by atoms with Gasteiger partial charge < -0.3 is 35.4 Å². The quantitative estimate of drug-likeness (QED) is 0.327. The maximum atomic E-state index is 10.1. The molecule has 7 nitrogen and oxygen atoms in total. The lowest BCUT2D eigenvalue weighted by molar-refractivity contribution is -0.116. The van der Waals surface area contributed by atoms with Gasteiger partial charge in [0.1, 0.15) is 24.1 Å². The Morgan fingerprint density at radius 2 is 1.57 bits per heavy atom. The van der Waals surface area contributed by atoms with Crippen LogP contribution < -0.4 is 15.4 Å². The number of anilines is 2. The van der Waals surface area contributed by atoms with E-state index in [1.807, 2.05) is 18.2 Å². The van der Waals surface area contributed by atoms with Crippen LogP contribution in [-0.2, 0) is 4.74 Å². The number of nitrogens with one attached hydrogen (secondary N) is 2. The number of hydrogen-bond acceptors (Lipinski definition) is 7. The fourth-order valence-corrected chi connectivity index (χ4v) is 3.19. The largest absolute Gasteiger partial charge is 0.462 e. The first kappa shape index (κ1) is 22.7. The van der Waals surface area contributed by atoms with Gasteiger partial charge in [-0.2, -0.15) is 0 Å². The Morgan fingerprint density at radius 3 is 2.14 bits per heavy atom. The number of hydrogen-bond donors (Lipinski definition) is 5. The van der Waals surface area contributed by atoms with Crippen LogP contribution in [0.15, 0.2) is 18.2 Å². The van der Waals surface area contributed by atoms with Crippen molar-refractivity contribution >= 4 is 11.4 Å². The minimum Gasteiger partial charge on any atom is -0.462 e. The van der Waals surface area contributed by atoms with E-state index in [4.69, 9.17) is 9.47 Å². The van der Waals surface area contributed by atoms with E-state index in [1.54, 1.807) is 0 Å². The van der Waals surface area contributed by atoms with Crippen LogP contribution in [0, 0.1) is 0 Å². The zero-order chi connectivity index (χ0) is 20.4. The molecule has 2 rings (SSSR count). The Hall–Kier alpha value is -1.54. The second-order valence-electron chi connectivity index (χ2n) is 7.30. The third-order valence-corrected chi connectivity index (χ3v) is 4.93.